The van der Waals surface area contributed by atoms with E-state index in [4.69, 9.17) is 14.2 Å². The Labute approximate surface area is 462 Å². The van der Waals surface area contributed by atoms with Crippen LogP contribution in [0.15, 0.2) is 122 Å². The molecule has 0 bridgehead atoms. The van der Waals surface area contributed by atoms with Gasteiger partial charge in [0.2, 0.25) is 0 Å². The highest BCUT2D eigenvalue weighted by atomic mass is 16.6. The Morgan fingerprint density at radius 3 is 0.867 bits per heavy atom. The lowest BCUT2D eigenvalue weighted by Gasteiger charge is -2.18. The summed E-state index contributed by atoms with van der Waals surface area (Å²) in [6.45, 7) is 6.44. The maximum Gasteiger partial charge on any atom is 0.306 e. The minimum atomic E-state index is -0.793. The van der Waals surface area contributed by atoms with Gasteiger partial charge in [-0.3, -0.25) is 14.4 Å². The summed E-state index contributed by atoms with van der Waals surface area (Å²) in [4.78, 5) is 38.2. The molecule has 0 rings (SSSR count). The third-order valence-electron chi connectivity index (χ3n) is 12.9. The van der Waals surface area contributed by atoms with Crippen molar-refractivity contribution >= 4 is 17.9 Å². The van der Waals surface area contributed by atoms with Gasteiger partial charge in [-0.25, -0.2) is 0 Å². The standard InChI is InChI=1S/C69H114O6/c1-4-7-10-13-16-19-22-24-26-27-28-29-30-31-32-33-34-35-36-37-38-39-40-41-43-44-47-50-53-56-59-62-68(71)74-65-66(64-73-67(70)61-58-55-52-49-46-21-18-15-12-9-6-3)75-69(72)63-60-57-54-51-48-45-42-25-23-20-17-14-11-8-5-2/h7,10,15-20,24-26,28-29,31-32,34-35,37-38,42,66H,4-6,8-9,11-14,21-23,27,30,33,36,39-41,43-65H2,1-3H3/b10-7-,18-15-,19-16-,20-17-,26-24-,29-28-,32-31-,35-34-,38-37-,42-25-. The van der Waals surface area contributed by atoms with Crippen LogP contribution in [0.3, 0.4) is 0 Å². The lowest BCUT2D eigenvalue weighted by molar-refractivity contribution is -0.167. The Hall–Kier alpha value is -4.19. The summed E-state index contributed by atoms with van der Waals surface area (Å²) < 4.78 is 16.8. The normalized spacial score (nSPS) is 12.9. The van der Waals surface area contributed by atoms with Crippen LogP contribution in [0.5, 0.6) is 0 Å². The number of carbonyl (C=O) groups excluding carboxylic acids is 3. The van der Waals surface area contributed by atoms with Crippen molar-refractivity contribution in [1.29, 1.82) is 0 Å². The molecule has 0 heterocycles. The quantitative estimate of drug-likeness (QED) is 0.0261. The van der Waals surface area contributed by atoms with Gasteiger partial charge in [0.25, 0.3) is 0 Å². The average Bonchev–Trinajstić information content (AvgIpc) is 3.41. The summed E-state index contributed by atoms with van der Waals surface area (Å²) in [6.07, 6.45) is 86.3. The van der Waals surface area contributed by atoms with Gasteiger partial charge in [-0.05, 0) is 128 Å². The van der Waals surface area contributed by atoms with Gasteiger partial charge >= 0.3 is 17.9 Å². The molecule has 0 spiro atoms. The molecule has 0 radical (unpaired) electrons. The molecule has 6 heteroatoms. The molecule has 1 atom stereocenters. The molecule has 75 heavy (non-hydrogen) atoms. The fourth-order valence-corrected chi connectivity index (χ4v) is 8.26. The number of carbonyl (C=O) groups is 3. The maximum absolute atomic E-state index is 12.8. The summed E-state index contributed by atoms with van der Waals surface area (Å²) in [7, 11) is 0. The molecular weight excluding hydrogens is 925 g/mol. The fourth-order valence-electron chi connectivity index (χ4n) is 8.26. The SMILES string of the molecule is CC/C=C\C/C=C\C/C=C\C/C=C\C/C=C\C/C=C\C/C=C\CCCCCCCCCCCC(=O)OCC(COC(=O)CCCCCCC/C=C\CCCC)OC(=O)CCCCCCC/C=C\C/C=C\CCCCC. The minimum Gasteiger partial charge on any atom is -0.462 e. The van der Waals surface area contributed by atoms with Gasteiger partial charge < -0.3 is 14.2 Å². The van der Waals surface area contributed by atoms with Gasteiger partial charge in [-0.1, -0.05) is 251 Å². The van der Waals surface area contributed by atoms with Gasteiger partial charge in [-0.2, -0.15) is 0 Å². The van der Waals surface area contributed by atoms with E-state index in [2.05, 4.69) is 142 Å². The van der Waals surface area contributed by atoms with Crippen LogP contribution in [0, 0.1) is 0 Å². The molecule has 0 aromatic carbocycles. The number of unbranched alkanes of at least 4 members (excludes halogenated alkanes) is 24. The largest absolute Gasteiger partial charge is 0.462 e. The molecule has 0 aliphatic carbocycles. The second kappa shape index (κ2) is 62.4. The van der Waals surface area contributed by atoms with Crippen molar-refractivity contribution in [2.24, 2.45) is 0 Å². The summed E-state index contributed by atoms with van der Waals surface area (Å²) >= 11 is 0. The zero-order valence-electron chi connectivity index (χ0n) is 48.8. The van der Waals surface area contributed by atoms with Crippen LogP contribution in [-0.4, -0.2) is 37.2 Å². The zero-order valence-corrected chi connectivity index (χ0v) is 48.8. The van der Waals surface area contributed by atoms with Gasteiger partial charge in [0, 0.05) is 19.3 Å². The van der Waals surface area contributed by atoms with Crippen LogP contribution in [-0.2, 0) is 28.6 Å². The van der Waals surface area contributed by atoms with Crippen LogP contribution in [0.4, 0.5) is 0 Å². The summed E-state index contributed by atoms with van der Waals surface area (Å²) in [5.74, 6) is -0.919. The number of hydrogen-bond donors (Lipinski definition) is 0. The van der Waals surface area contributed by atoms with E-state index in [0.717, 1.165) is 148 Å². The highest BCUT2D eigenvalue weighted by Gasteiger charge is 2.19. The molecule has 0 fully saturated rings. The summed E-state index contributed by atoms with van der Waals surface area (Å²) in [6, 6.07) is 0. The lowest BCUT2D eigenvalue weighted by atomic mass is 10.1. The number of ether oxygens (including phenoxy) is 3. The predicted octanol–water partition coefficient (Wildman–Crippen LogP) is 21.2. The molecule has 0 amide bonds. The monoisotopic (exact) mass is 1040 g/mol. The highest BCUT2D eigenvalue weighted by Crippen LogP contribution is 2.15. The molecule has 0 saturated carbocycles. The molecule has 0 aromatic rings. The Balaban J connectivity index is 4.26. The topological polar surface area (TPSA) is 78.9 Å². The minimum absolute atomic E-state index is 0.0911. The van der Waals surface area contributed by atoms with Crippen molar-refractivity contribution < 1.29 is 28.6 Å². The highest BCUT2D eigenvalue weighted by molar-refractivity contribution is 5.71. The smallest absolute Gasteiger partial charge is 0.306 e. The average molecular weight is 1040 g/mol. The number of hydrogen-bond acceptors (Lipinski definition) is 6. The molecule has 0 N–H and O–H groups in total. The zero-order chi connectivity index (χ0) is 54.3. The van der Waals surface area contributed by atoms with E-state index in [1.807, 2.05) is 0 Å². The molecule has 0 aliphatic rings. The van der Waals surface area contributed by atoms with Crippen molar-refractivity contribution in [2.45, 2.75) is 284 Å². The van der Waals surface area contributed by atoms with Crippen molar-refractivity contribution in [1.82, 2.24) is 0 Å². The third kappa shape index (κ3) is 60.6. The Morgan fingerprint density at radius 2 is 0.533 bits per heavy atom. The predicted molar refractivity (Wildman–Crippen MR) is 325 cm³/mol. The van der Waals surface area contributed by atoms with E-state index < -0.39 is 6.10 Å². The van der Waals surface area contributed by atoms with Crippen molar-refractivity contribution in [2.75, 3.05) is 13.2 Å². The number of allylic oxidation sites excluding steroid dienone is 20. The Morgan fingerprint density at radius 1 is 0.280 bits per heavy atom. The first kappa shape index (κ1) is 70.8. The van der Waals surface area contributed by atoms with Crippen LogP contribution in [0.1, 0.15) is 278 Å². The van der Waals surface area contributed by atoms with Crippen molar-refractivity contribution in [3.63, 3.8) is 0 Å². The van der Waals surface area contributed by atoms with Crippen molar-refractivity contribution in [3.8, 4) is 0 Å². The van der Waals surface area contributed by atoms with E-state index >= 15 is 0 Å². The van der Waals surface area contributed by atoms with Gasteiger partial charge in [-0.15, -0.1) is 0 Å². The third-order valence-corrected chi connectivity index (χ3v) is 12.9. The first-order chi connectivity index (χ1) is 37.0. The summed E-state index contributed by atoms with van der Waals surface area (Å²) in [5.41, 5.74) is 0. The van der Waals surface area contributed by atoms with Gasteiger partial charge in [0.15, 0.2) is 6.10 Å². The van der Waals surface area contributed by atoms with E-state index in [9.17, 15) is 14.4 Å². The van der Waals surface area contributed by atoms with Crippen LogP contribution >= 0.6 is 0 Å². The Bertz CT molecular complexity index is 1570. The van der Waals surface area contributed by atoms with E-state index in [0.29, 0.717) is 19.3 Å². The second-order valence-corrected chi connectivity index (χ2v) is 20.2. The molecule has 6 nitrogen and oxygen atoms in total. The molecular formula is C69H114O6. The lowest BCUT2D eigenvalue weighted by Crippen LogP contribution is -2.30. The maximum atomic E-state index is 12.8. The molecule has 0 aliphatic heterocycles. The first-order valence-electron chi connectivity index (χ1n) is 31.0. The van der Waals surface area contributed by atoms with E-state index in [1.165, 1.54) is 89.9 Å². The Kier molecular flexibility index (Phi) is 58.9. The second-order valence-electron chi connectivity index (χ2n) is 20.2. The van der Waals surface area contributed by atoms with Gasteiger partial charge in [0.1, 0.15) is 13.2 Å². The van der Waals surface area contributed by atoms with Crippen LogP contribution in [0.2, 0.25) is 0 Å². The number of rotatable bonds is 55. The molecule has 1 unspecified atom stereocenters. The van der Waals surface area contributed by atoms with Gasteiger partial charge in [0.05, 0.1) is 0 Å². The first-order valence-corrected chi connectivity index (χ1v) is 31.0. The summed E-state index contributed by atoms with van der Waals surface area (Å²) in [5, 5.41) is 0. The molecule has 0 saturated heterocycles. The molecule has 426 valence electrons. The van der Waals surface area contributed by atoms with E-state index in [1.54, 1.807) is 0 Å². The fraction of sp³-hybridized carbons (Fsp3) is 0.667. The molecule has 0 aromatic heterocycles. The van der Waals surface area contributed by atoms with Crippen molar-refractivity contribution in [3.05, 3.63) is 122 Å². The van der Waals surface area contributed by atoms with Crippen LogP contribution in [0.25, 0.3) is 0 Å². The van der Waals surface area contributed by atoms with Crippen LogP contribution < -0.4 is 0 Å². The number of esters is 3. The van der Waals surface area contributed by atoms with E-state index in [-0.39, 0.29) is 31.1 Å².